The molecule has 6 nitrogen and oxygen atoms in total. The third-order valence-electron chi connectivity index (χ3n) is 5.19. The summed E-state index contributed by atoms with van der Waals surface area (Å²) in [4.78, 5) is 0.282. The van der Waals surface area contributed by atoms with Gasteiger partial charge in [-0.05, 0) is 49.2 Å². The van der Waals surface area contributed by atoms with Crippen LogP contribution >= 0.6 is 0 Å². The van der Waals surface area contributed by atoms with E-state index >= 15 is 0 Å². The van der Waals surface area contributed by atoms with Gasteiger partial charge in [-0.25, -0.2) is 21.6 Å². The number of aryl methyl sites for hydroxylation is 2. The maximum atomic E-state index is 13.4. The summed E-state index contributed by atoms with van der Waals surface area (Å²) in [7, 11) is -7.63. The monoisotopic (exact) mass is 484 g/mol. The van der Waals surface area contributed by atoms with Crippen molar-refractivity contribution in [1.29, 1.82) is 0 Å². The summed E-state index contributed by atoms with van der Waals surface area (Å²) in [6.45, 7) is 7.71. The zero-order valence-corrected chi connectivity index (χ0v) is 20.4. The van der Waals surface area contributed by atoms with Gasteiger partial charge in [0, 0.05) is 19.6 Å². The lowest BCUT2D eigenvalue weighted by Crippen LogP contribution is -2.39. The summed E-state index contributed by atoms with van der Waals surface area (Å²) in [5.74, 6) is 0. The van der Waals surface area contributed by atoms with E-state index in [1.54, 1.807) is 36.4 Å². The van der Waals surface area contributed by atoms with Gasteiger partial charge in [0.1, 0.15) is 0 Å². The molecule has 0 spiro atoms. The SMILES string of the molecule is C=C(CN(CCNS(=O)(=O)c1ccc(C)cc1)S(=O)(=O)c1ccc(C)cc1)c1ccccc1. The first-order valence-electron chi connectivity index (χ1n) is 10.5. The highest BCUT2D eigenvalue weighted by molar-refractivity contribution is 7.89. The molecule has 0 aliphatic heterocycles. The Balaban J connectivity index is 1.81. The minimum atomic E-state index is -3.87. The second kappa shape index (κ2) is 10.4. The smallest absolute Gasteiger partial charge is 0.210 e. The topological polar surface area (TPSA) is 83.6 Å². The Labute approximate surface area is 196 Å². The van der Waals surface area contributed by atoms with Gasteiger partial charge in [-0.1, -0.05) is 72.3 Å². The first-order valence-corrected chi connectivity index (χ1v) is 13.4. The van der Waals surface area contributed by atoms with Crippen molar-refractivity contribution in [3.63, 3.8) is 0 Å². The summed E-state index contributed by atoms with van der Waals surface area (Å²) in [5.41, 5.74) is 3.33. The van der Waals surface area contributed by atoms with Crippen molar-refractivity contribution >= 4 is 25.6 Å². The van der Waals surface area contributed by atoms with Crippen LogP contribution in [0.2, 0.25) is 0 Å². The van der Waals surface area contributed by atoms with Gasteiger partial charge < -0.3 is 0 Å². The molecule has 0 saturated carbocycles. The summed E-state index contributed by atoms with van der Waals surface area (Å²) in [5, 5.41) is 0. The molecular formula is C25H28N2O4S2. The quantitative estimate of drug-likeness (QED) is 0.472. The molecule has 0 heterocycles. The van der Waals surface area contributed by atoms with Crippen molar-refractivity contribution in [2.24, 2.45) is 0 Å². The normalized spacial score (nSPS) is 12.1. The molecule has 0 atom stereocenters. The standard InChI is InChI=1S/C25H28N2O4S2/c1-20-9-13-24(14-10-20)32(28,29)26-17-18-27(19-22(3)23-7-5-4-6-8-23)33(30,31)25-15-11-21(2)12-16-25/h4-16,26H,3,17-19H2,1-2H3. The van der Waals surface area contributed by atoms with Crippen molar-refractivity contribution in [3.05, 3.63) is 102 Å². The van der Waals surface area contributed by atoms with Crippen molar-refractivity contribution in [2.45, 2.75) is 23.6 Å². The molecule has 3 rings (SSSR count). The molecule has 1 N–H and O–H groups in total. The first-order chi connectivity index (χ1) is 15.6. The minimum absolute atomic E-state index is 0.0342. The van der Waals surface area contributed by atoms with Gasteiger partial charge in [0.2, 0.25) is 20.0 Å². The predicted octanol–water partition coefficient (Wildman–Crippen LogP) is 3.99. The maximum Gasteiger partial charge on any atom is 0.243 e. The van der Waals surface area contributed by atoms with Crippen LogP contribution in [0.25, 0.3) is 5.57 Å². The Kier molecular flexibility index (Phi) is 7.86. The zero-order chi connectivity index (χ0) is 24.1. The highest BCUT2D eigenvalue weighted by Gasteiger charge is 2.26. The molecular weight excluding hydrogens is 456 g/mol. The van der Waals surface area contributed by atoms with Gasteiger partial charge >= 0.3 is 0 Å². The Bertz CT molecular complexity index is 1300. The first kappa shape index (κ1) is 24.9. The number of benzene rings is 3. The lowest BCUT2D eigenvalue weighted by atomic mass is 10.1. The molecule has 0 aliphatic carbocycles. The molecule has 0 saturated heterocycles. The number of sulfonamides is 2. The van der Waals surface area contributed by atoms with Crippen molar-refractivity contribution < 1.29 is 16.8 Å². The fourth-order valence-corrected chi connectivity index (χ4v) is 5.68. The fraction of sp³-hybridized carbons (Fsp3) is 0.200. The van der Waals surface area contributed by atoms with Gasteiger partial charge in [0.05, 0.1) is 9.79 Å². The molecule has 0 unspecified atom stereocenters. The van der Waals surface area contributed by atoms with E-state index in [4.69, 9.17) is 0 Å². The van der Waals surface area contributed by atoms with E-state index in [1.807, 2.05) is 44.2 Å². The van der Waals surface area contributed by atoms with Crippen molar-refractivity contribution in [2.75, 3.05) is 19.6 Å². The lowest BCUT2D eigenvalue weighted by molar-refractivity contribution is 0.447. The van der Waals surface area contributed by atoms with E-state index in [9.17, 15) is 16.8 Å². The van der Waals surface area contributed by atoms with E-state index in [1.165, 1.54) is 16.4 Å². The lowest BCUT2D eigenvalue weighted by Gasteiger charge is -2.24. The van der Waals surface area contributed by atoms with Crippen molar-refractivity contribution in [1.82, 2.24) is 9.03 Å². The molecule has 174 valence electrons. The largest absolute Gasteiger partial charge is 0.243 e. The Hall–Kier alpha value is -2.78. The molecule has 8 heteroatoms. The van der Waals surface area contributed by atoms with Gasteiger partial charge in [0.25, 0.3) is 0 Å². The van der Waals surface area contributed by atoms with E-state index in [0.29, 0.717) is 5.57 Å². The molecule has 0 bridgehead atoms. The Morgan fingerprint density at radius 1 is 0.788 bits per heavy atom. The minimum Gasteiger partial charge on any atom is -0.210 e. The number of nitrogens with one attached hydrogen (secondary N) is 1. The zero-order valence-electron chi connectivity index (χ0n) is 18.7. The average molecular weight is 485 g/mol. The van der Waals surface area contributed by atoms with E-state index in [0.717, 1.165) is 16.7 Å². The Morgan fingerprint density at radius 2 is 1.30 bits per heavy atom. The number of hydrogen-bond donors (Lipinski definition) is 1. The third kappa shape index (κ3) is 6.39. The predicted molar refractivity (Wildman–Crippen MR) is 132 cm³/mol. The van der Waals surface area contributed by atoms with E-state index < -0.39 is 20.0 Å². The highest BCUT2D eigenvalue weighted by Crippen LogP contribution is 2.21. The van der Waals surface area contributed by atoms with Crippen LogP contribution < -0.4 is 4.72 Å². The average Bonchev–Trinajstić information content (AvgIpc) is 2.79. The number of nitrogens with zero attached hydrogens (tertiary/aromatic N) is 1. The Morgan fingerprint density at radius 3 is 1.85 bits per heavy atom. The molecule has 0 amide bonds. The van der Waals surface area contributed by atoms with E-state index in [-0.39, 0.29) is 29.4 Å². The van der Waals surface area contributed by atoms with Gasteiger partial charge in [0.15, 0.2) is 0 Å². The third-order valence-corrected chi connectivity index (χ3v) is 8.53. The number of rotatable bonds is 10. The van der Waals surface area contributed by atoms with Gasteiger partial charge in [-0.2, -0.15) is 4.31 Å². The molecule has 33 heavy (non-hydrogen) atoms. The second-order valence-corrected chi connectivity index (χ2v) is 11.5. The molecule has 0 radical (unpaired) electrons. The second-order valence-electron chi connectivity index (χ2n) is 7.83. The van der Waals surface area contributed by atoms with Crippen LogP contribution in [0, 0.1) is 13.8 Å². The molecule has 0 aromatic heterocycles. The van der Waals surface area contributed by atoms with Crippen LogP contribution in [0.15, 0.2) is 95.2 Å². The fourth-order valence-electron chi connectivity index (χ4n) is 3.23. The van der Waals surface area contributed by atoms with Gasteiger partial charge in [-0.15, -0.1) is 0 Å². The van der Waals surface area contributed by atoms with Gasteiger partial charge in [-0.3, -0.25) is 0 Å². The van der Waals surface area contributed by atoms with Crippen LogP contribution in [0.4, 0.5) is 0 Å². The summed E-state index contributed by atoms with van der Waals surface area (Å²) in [6.07, 6.45) is 0. The molecule has 0 aliphatic rings. The van der Waals surface area contributed by atoms with Crippen molar-refractivity contribution in [3.8, 4) is 0 Å². The van der Waals surface area contributed by atoms with Crippen LogP contribution in [0.3, 0.4) is 0 Å². The molecule has 0 fully saturated rings. The summed E-state index contributed by atoms with van der Waals surface area (Å²) in [6, 6.07) is 22.4. The van der Waals surface area contributed by atoms with Crippen LogP contribution in [0.5, 0.6) is 0 Å². The van der Waals surface area contributed by atoms with Crippen LogP contribution in [-0.4, -0.2) is 40.8 Å². The maximum absolute atomic E-state index is 13.4. The number of hydrogen-bond acceptors (Lipinski definition) is 4. The highest BCUT2D eigenvalue weighted by atomic mass is 32.2. The summed E-state index contributed by atoms with van der Waals surface area (Å²) >= 11 is 0. The molecule has 3 aromatic rings. The summed E-state index contributed by atoms with van der Waals surface area (Å²) < 4.78 is 55.8. The van der Waals surface area contributed by atoms with E-state index in [2.05, 4.69) is 11.3 Å². The molecule has 3 aromatic carbocycles. The van der Waals surface area contributed by atoms with Crippen LogP contribution in [0.1, 0.15) is 16.7 Å². The van der Waals surface area contributed by atoms with Crippen LogP contribution in [-0.2, 0) is 20.0 Å².